The van der Waals surface area contributed by atoms with Crippen LogP contribution in [0, 0.1) is 13.8 Å². The van der Waals surface area contributed by atoms with Gasteiger partial charge in [0.1, 0.15) is 28.5 Å². The zero-order valence-corrected chi connectivity index (χ0v) is 19.7. The van der Waals surface area contributed by atoms with Crippen LogP contribution in [0.5, 0.6) is 0 Å². The van der Waals surface area contributed by atoms with Crippen LogP contribution in [0.15, 0.2) is 61.5 Å². The lowest BCUT2D eigenvalue weighted by molar-refractivity contribution is 0.388. The second-order valence-electron chi connectivity index (χ2n) is 8.08. The van der Waals surface area contributed by atoms with Crippen molar-refractivity contribution >= 4 is 28.3 Å². The first-order chi connectivity index (χ1) is 16.8. The maximum absolute atomic E-state index is 13.3. The van der Waals surface area contributed by atoms with Crippen LogP contribution in [-0.2, 0) is 0 Å². The van der Waals surface area contributed by atoms with Crippen LogP contribution in [0.3, 0.4) is 0 Å². The van der Waals surface area contributed by atoms with Gasteiger partial charge >= 0.3 is 5.76 Å². The molecule has 0 spiro atoms. The molecule has 4 heterocycles. The molecule has 0 amide bonds. The molecule has 0 saturated heterocycles. The number of halogens is 1. The van der Waals surface area contributed by atoms with Gasteiger partial charge in [-0.3, -0.25) is 14.3 Å². The molecule has 0 bridgehead atoms. The van der Waals surface area contributed by atoms with Crippen molar-refractivity contribution in [3.63, 3.8) is 0 Å². The lowest BCUT2D eigenvalue weighted by atomic mass is 9.99. The molecule has 10 nitrogen and oxygen atoms in total. The van der Waals surface area contributed by atoms with Gasteiger partial charge in [0.2, 0.25) is 5.82 Å². The minimum absolute atomic E-state index is 0.128. The first-order valence-corrected chi connectivity index (χ1v) is 11.0. The number of anilines is 1. The van der Waals surface area contributed by atoms with E-state index in [4.69, 9.17) is 16.0 Å². The second-order valence-corrected chi connectivity index (χ2v) is 8.47. The zero-order chi connectivity index (χ0) is 24.7. The Hall–Kier alpha value is -4.31. The normalized spacial score (nSPS) is 12.1. The van der Waals surface area contributed by atoms with Gasteiger partial charge in [-0.15, -0.1) is 0 Å². The number of aromatic amines is 1. The Kier molecular flexibility index (Phi) is 5.65. The second kappa shape index (κ2) is 8.80. The van der Waals surface area contributed by atoms with Crippen LogP contribution < -0.4 is 16.5 Å². The molecule has 1 atom stereocenters. The quantitative estimate of drug-likeness (QED) is 0.342. The summed E-state index contributed by atoms with van der Waals surface area (Å²) in [6.45, 7) is 5.56. The average Bonchev–Trinajstić information content (AvgIpc) is 3.29. The molecule has 0 unspecified atom stereocenters. The van der Waals surface area contributed by atoms with Crippen molar-refractivity contribution in [2.45, 2.75) is 26.8 Å². The summed E-state index contributed by atoms with van der Waals surface area (Å²) in [5.74, 6) is -0.163. The minimum Gasteiger partial charge on any atom is -0.455 e. The molecule has 176 valence electrons. The van der Waals surface area contributed by atoms with Gasteiger partial charge in [-0.25, -0.2) is 19.7 Å². The molecule has 1 aromatic carbocycles. The van der Waals surface area contributed by atoms with Gasteiger partial charge in [0, 0.05) is 23.5 Å². The Morgan fingerprint density at radius 1 is 1.11 bits per heavy atom. The van der Waals surface area contributed by atoms with E-state index < -0.39 is 5.76 Å². The lowest BCUT2D eigenvalue weighted by Crippen LogP contribution is -2.13. The van der Waals surface area contributed by atoms with Crippen LogP contribution in [0.4, 0.5) is 5.69 Å². The topological polar surface area (TPSA) is 140 Å². The predicted molar refractivity (Wildman–Crippen MR) is 130 cm³/mol. The summed E-state index contributed by atoms with van der Waals surface area (Å²) in [5, 5.41) is 7.78. The number of benzene rings is 1. The summed E-state index contributed by atoms with van der Waals surface area (Å²) in [6.07, 6.45) is 4.62. The third-order valence-electron chi connectivity index (χ3n) is 5.58. The maximum Gasteiger partial charge on any atom is 0.439 e. The SMILES string of the molecule is Cc1cc([C@@H](C)Nc2ccc(Cl)nc2-c2noc(=O)[nH]2)c2oc(-c3cncnc3)c(C)c(=O)c2c1. The molecule has 0 fully saturated rings. The molecule has 35 heavy (non-hydrogen) atoms. The van der Waals surface area contributed by atoms with Crippen molar-refractivity contribution in [2.75, 3.05) is 5.32 Å². The summed E-state index contributed by atoms with van der Waals surface area (Å²) >= 11 is 6.08. The van der Waals surface area contributed by atoms with E-state index in [0.29, 0.717) is 39.2 Å². The Balaban J connectivity index is 1.65. The number of hydrogen-bond acceptors (Lipinski definition) is 9. The Morgan fingerprint density at radius 3 is 2.60 bits per heavy atom. The van der Waals surface area contributed by atoms with Crippen LogP contribution in [0.1, 0.15) is 29.7 Å². The van der Waals surface area contributed by atoms with Gasteiger partial charge in [0.05, 0.1) is 22.7 Å². The van der Waals surface area contributed by atoms with E-state index in [1.807, 2.05) is 26.0 Å². The molecule has 0 radical (unpaired) electrons. The molecule has 2 N–H and O–H groups in total. The Bertz CT molecular complexity index is 1680. The highest BCUT2D eigenvalue weighted by atomic mass is 35.5. The summed E-state index contributed by atoms with van der Waals surface area (Å²) in [5.41, 5.74) is 3.92. The van der Waals surface area contributed by atoms with E-state index in [2.05, 4.69) is 34.9 Å². The van der Waals surface area contributed by atoms with E-state index in [-0.39, 0.29) is 22.4 Å². The number of hydrogen-bond donors (Lipinski definition) is 2. The van der Waals surface area contributed by atoms with Crippen molar-refractivity contribution in [1.29, 1.82) is 0 Å². The highest BCUT2D eigenvalue weighted by molar-refractivity contribution is 6.29. The number of H-pyrrole nitrogens is 1. The van der Waals surface area contributed by atoms with E-state index in [1.54, 1.807) is 31.5 Å². The highest BCUT2D eigenvalue weighted by Crippen LogP contribution is 2.33. The molecule has 0 saturated carbocycles. The predicted octanol–water partition coefficient (Wildman–Crippen LogP) is 4.43. The van der Waals surface area contributed by atoms with Crippen LogP contribution >= 0.6 is 11.6 Å². The van der Waals surface area contributed by atoms with Gasteiger partial charge in [-0.2, -0.15) is 0 Å². The van der Waals surface area contributed by atoms with Gasteiger partial charge in [0.15, 0.2) is 5.43 Å². The van der Waals surface area contributed by atoms with Crippen molar-refractivity contribution in [3.05, 3.63) is 85.6 Å². The summed E-state index contributed by atoms with van der Waals surface area (Å²) in [6, 6.07) is 6.75. The molecule has 0 aliphatic carbocycles. The standard InChI is InChI=1S/C24H19ClN6O4/c1-11-6-15(13(3)28-17-4-5-18(25)29-19(17)23-30-24(33)35-31-23)22-16(7-11)20(32)12(2)21(34-22)14-8-26-10-27-9-14/h4-10,13,28H,1-3H3,(H,30,31,33)/t13-/m1/s1. The fourth-order valence-corrected chi connectivity index (χ4v) is 4.10. The molecule has 0 aliphatic heterocycles. The number of fused-ring (bicyclic) bond motifs is 1. The molecule has 0 aliphatic rings. The first-order valence-electron chi connectivity index (χ1n) is 10.6. The monoisotopic (exact) mass is 490 g/mol. The first kappa shape index (κ1) is 22.5. The number of nitrogens with one attached hydrogen (secondary N) is 2. The van der Waals surface area contributed by atoms with Gasteiger partial charge < -0.3 is 9.73 Å². The summed E-state index contributed by atoms with van der Waals surface area (Å²) in [4.78, 5) is 39.6. The number of nitrogens with zero attached hydrogens (tertiary/aromatic N) is 4. The van der Waals surface area contributed by atoms with Crippen LogP contribution in [0.2, 0.25) is 5.15 Å². The van der Waals surface area contributed by atoms with Crippen molar-refractivity contribution in [1.82, 2.24) is 25.1 Å². The van der Waals surface area contributed by atoms with E-state index in [1.165, 1.54) is 6.33 Å². The fraction of sp³-hybridized carbons (Fsp3) is 0.167. The van der Waals surface area contributed by atoms with Crippen molar-refractivity contribution in [3.8, 4) is 22.8 Å². The number of rotatable bonds is 5. The van der Waals surface area contributed by atoms with Gasteiger partial charge in [0.25, 0.3) is 0 Å². The Labute approximate surface area is 203 Å². The third kappa shape index (κ3) is 4.19. The fourth-order valence-electron chi connectivity index (χ4n) is 3.96. The highest BCUT2D eigenvalue weighted by Gasteiger charge is 2.21. The largest absolute Gasteiger partial charge is 0.455 e. The van der Waals surface area contributed by atoms with Crippen molar-refractivity contribution in [2.24, 2.45) is 0 Å². The zero-order valence-electron chi connectivity index (χ0n) is 18.9. The van der Waals surface area contributed by atoms with E-state index in [0.717, 1.165) is 11.1 Å². The molecular weight excluding hydrogens is 472 g/mol. The average molecular weight is 491 g/mol. The van der Waals surface area contributed by atoms with E-state index in [9.17, 15) is 9.59 Å². The molecular formula is C24H19ClN6O4. The third-order valence-corrected chi connectivity index (χ3v) is 5.79. The molecule has 5 aromatic rings. The van der Waals surface area contributed by atoms with Gasteiger partial charge in [-0.1, -0.05) is 22.8 Å². The van der Waals surface area contributed by atoms with Crippen LogP contribution in [0.25, 0.3) is 33.8 Å². The Morgan fingerprint density at radius 2 is 1.89 bits per heavy atom. The van der Waals surface area contributed by atoms with Gasteiger partial charge in [-0.05, 0) is 44.5 Å². The molecule has 5 rings (SSSR count). The van der Waals surface area contributed by atoms with E-state index >= 15 is 0 Å². The number of pyridine rings is 1. The smallest absolute Gasteiger partial charge is 0.439 e. The van der Waals surface area contributed by atoms with Crippen molar-refractivity contribution < 1.29 is 8.94 Å². The number of aromatic nitrogens is 5. The lowest BCUT2D eigenvalue weighted by Gasteiger charge is -2.20. The molecule has 4 aromatic heterocycles. The van der Waals surface area contributed by atoms with Crippen LogP contribution in [-0.4, -0.2) is 25.1 Å². The minimum atomic E-state index is -0.708. The molecule has 11 heteroatoms. The summed E-state index contributed by atoms with van der Waals surface area (Å²) in [7, 11) is 0. The number of aryl methyl sites for hydroxylation is 1. The maximum atomic E-state index is 13.3. The summed E-state index contributed by atoms with van der Waals surface area (Å²) < 4.78 is 10.9.